The predicted octanol–water partition coefficient (Wildman–Crippen LogP) is 7.14. The zero-order chi connectivity index (χ0) is 26.6. The third kappa shape index (κ3) is 6.88. The summed E-state index contributed by atoms with van der Waals surface area (Å²) in [6.07, 6.45) is 1.51. The van der Waals surface area contributed by atoms with Crippen molar-refractivity contribution in [1.29, 1.82) is 0 Å². The number of halogens is 4. The van der Waals surface area contributed by atoms with Gasteiger partial charge < -0.3 is 15.4 Å². The van der Waals surface area contributed by atoms with Gasteiger partial charge in [0.2, 0.25) is 0 Å². The van der Waals surface area contributed by atoms with Gasteiger partial charge in [-0.3, -0.25) is 4.79 Å². The number of amides is 2. The van der Waals surface area contributed by atoms with Crippen molar-refractivity contribution in [2.24, 2.45) is 23.7 Å². The highest BCUT2D eigenvalue weighted by Gasteiger charge is 2.39. The summed E-state index contributed by atoms with van der Waals surface area (Å²) in [5.41, 5.74) is 0.0753. The van der Waals surface area contributed by atoms with Gasteiger partial charge in [-0.05, 0) is 54.7 Å². The van der Waals surface area contributed by atoms with Crippen LogP contribution in [0.5, 0.6) is 0 Å². The smallest absolute Gasteiger partial charge is 0.406 e. The third-order valence-corrected chi connectivity index (χ3v) is 8.86. The van der Waals surface area contributed by atoms with Crippen molar-refractivity contribution in [1.82, 2.24) is 5.32 Å². The fraction of sp³-hybridized carbons (Fsp3) is 0.462. The first-order chi connectivity index (χ1) is 17.0. The molecule has 2 aromatic rings. The zero-order valence-electron chi connectivity index (χ0n) is 20.5. The number of hydrogen-bond donors (Lipinski definition) is 2. The molecule has 1 saturated carbocycles. The lowest BCUT2D eigenvalue weighted by atomic mass is 9.93. The van der Waals surface area contributed by atoms with Crippen molar-refractivity contribution >= 4 is 41.1 Å². The summed E-state index contributed by atoms with van der Waals surface area (Å²) in [6.45, 7) is 7.04. The monoisotopic (exact) mass is 542 g/mol. The van der Waals surface area contributed by atoms with Crippen LogP contribution in [0.3, 0.4) is 0 Å². The van der Waals surface area contributed by atoms with E-state index in [1.807, 2.05) is 0 Å². The lowest BCUT2D eigenvalue weighted by Crippen LogP contribution is -2.30. The van der Waals surface area contributed by atoms with Gasteiger partial charge in [0, 0.05) is 40.1 Å². The van der Waals surface area contributed by atoms with E-state index in [1.165, 1.54) is 13.2 Å². The molecule has 5 unspecified atom stereocenters. The molecule has 10 heteroatoms. The molecule has 36 heavy (non-hydrogen) atoms. The van der Waals surface area contributed by atoms with Gasteiger partial charge in [0.15, 0.2) is 17.5 Å². The predicted molar refractivity (Wildman–Crippen MR) is 136 cm³/mol. The summed E-state index contributed by atoms with van der Waals surface area (Å²) in [5.74, 6) is -3.42. The van der Waals surface area contributed by atoms with E-state index < -0.39 is 29.5 Å². The minimum atomic E-state index is -1.59. The van der Waals surface area contributed by atoms with Gasteiger partial charge >= 0.3 is 6.09 Å². The molecule has 2 N–H and O–H groups in total. The second-order valence-corrected chi connectivity index (χ2v) is 11.1. The van der Waals surface area contributed by atoms with Crippen LogP contribution in [0.1, 0.15) is 44.0 Å². The number of nitrogens with one attached hydrogen (secondary N) is 2. The molecular weight excluding hydrogens is 513 g/mol. The molecular formula is C26H30ClF3N2O3S. The Morgan fingerprint density at radius 1 is 1.17 bits per heavy atom. The zero-order valence-corrected chi connectivity index (χ0v) is 22.1. The molecule has 2 amide bonds. The highest BCUT2D eigenvalue weighted by atomic mass is 35.5. The fourth-order valence-electron chi connectivity index (χ4n) is 4.66. The van der Waals surface area contributed by atoms with Gasteiger partial charge in [-0.15, -0.1) is 11.8 Å². The van der Waals surface area contributed by atoms with Crippen LogP contribution >= 0.6 is 23.4 Å². The van der Waals surface area contributed by atoms with Crippen LogP contribution in [0.2, 0.25) is 5.02 Å². The van der Waals surface area contributed by atoms with Gasteiger partial charge in [-0.25, -0.2) is 18.0 Å². The molecule has 3 rings (SSSR count). The Morgan fingerprint density at radius 3 is 2.47 bits per heavy atom. The van der Waals surface area contributed by atoms with E-state index in [4.69, 9.17) is 11.6 Å². The third-order valence-electron chi connectivity index (χ3n) is 6.74. The number of carbonyl (C=O) groups is 2. The Kier molecular flexibility index (Phi) is 9.58. The second kappa shape index (κ2) is 12.2. The van der Waals surface area contributed by atoms with Crippen molar-refractivity contribution in [2.45, 2.75) is 43.8 Å². The first kappa shape index (κ1) is 28.2. The Balaban J connectivity index is 1.73. The van der Waals surface area contributed by atoms with Crippen molar-refractivity contribution in [3.63, 3.8) is 0 Å². The van der Waals surface area contributed by atoms with E-state index in [-0.39, 0.29) is 22.4 Å². The Hall–Kier alpha value is -2.39. The van der Waals surface area contributed by atoms with E-state index in [9.17, 15) is 22.8 Å². The average molecular weight is 543 g/mol. The first-order valence-corrected chi connectivity index (χ1v) is 13.0. The highest BCUT2D eigenvalue weighted by Crippen LogP contribution is 2.49. The summed E-state index contributed by atoms with van der Waals surface area (Å²) >= 11 is 8.10. The number of hydrogen-bond acceptors (Lipinski definition) is 4. The molecule has 0 saturated heterocycles. The molecule has 0 aromatic heterocycles. The molecule has 5 atom stereocenters. The number of methoxy groups -OCH3 is 1. The second-order valence-electron chi connectivity index (χ2n) is 9.48. The molecule has 196 valence electrons. The lowest BCUT2D eigenvalue weighted by Gasteiger charge is -2.26. The topological polar surface area (TPSA) is 67.4 Å². The summed E-state index contributed by atoms with van der Waals surface area (Å²) in [6, 6.07) is 6.25. The maximum absolute atomic E-state index is 13.5. The lowest BCUT2D eigenvalue weighted by molar-refractivity contribution is 0.102. The molecule has 5 nitrogen and oxygen atoms in total. The maximum Gasteiger partial charge on any atom is 0.406 e. The molecule has 0 aliphatic heterocycles. The summed E-state index contributed by atoms with van der Waals surface area (Å²) in [7, 11) is 1.33. The van der Waals surface area contributed by atoms with Crippen LogP contribution in [0.25, 0.3) is 0 Å². The number of rotatable bonds is 8. The van der Waals surface area contributed by atoms with Gasteiger partial charge in [0.05, 0.1) is 12.1 Å². The van der Waals surface area contributed by atoms with Crippen molar-refractivity contribution < 1.29 is 27.5 Å². The SMILES string of the molecule is COC(=O)NCC(C)CC1CC(C)C(C)C1Sc1cc(C(=O)Nc2cc(F)c(F)c(F)c2)ccc1Cl. The van der Waals surface area contributed by atoms with Crippen LogP contribution in [0.15, 0.2) is 35.2 Å². The summed E-state index contributed by atoms with van der Waals surface area (Å²) in [4.78, 5) is 24.9. The molecule has 0 heterocycles. The standard InChI is InChI=1S/C26H30ClF3N2O3S/c1-13(12-31-26(34)35-4)7-17-8-14(2)15(3)24(17)36-22-9-16(5-6-19(22)27)25(33)32-18-10-20(28)23(30)21(29)11-18/h5-6,9-11,13-15,17,24H,7-8,12H2,1-4H3,(H,31,34)(H,32,33). The number of carbonyl (C=O) groups excluding carboxylic acids is 2. The Morgan fingerprint density at radius 2 is 1.83 bits per heavy atom. The quantitative estimate of drug-likeness (QED) is 0.348. The normalized spacial score (nSPS) is 22.2. The molecule has 0 spiro atoms. The average Bonchev–Trinajstić information content (AvgIpc) is 3.09. The highest BCUT2D eigenvalue weighted by molar-refractivity contribution is 8.00. The van der Waals surface area contributed by atoms with Crippen LogP contribution in [0.4, 0.5) is 23.7 Å². The summed E-state index contributed by atoms with van der Waals surface area (Å²) in [5, 5.41) is 5.90. The number of alkyl carbamates (subject to hydrolysis) is 1. The van der Waals surface area contributed by atoms with Crippen LogP contribution in [-0.2, 0) is 4.74 Å². The number of anilines is 1. The number of ether oxygens (including phenoxy) is 1. The number of benzene rings is 2. The van der Waals surface area contributed by atoms with Crippen molar-refractivity contribution in [2.75, 3.05) is 19.0 Å². The van der Waals surface area contributed by atoms with E-state index in [0.717, 1.165) is 29.9 Å². The largest absolute Gasteiger partial charge is 0.453 e. The van der Waals surface area contributed by atoms with Gasteiger partial charge in [-0.1, -0.05) is 32.4 Å². The molecule has 2 aromatic carbocycles. The molecule has 1 aliphatic carbocycles. The van der Waals surface area contributed by atoms with E-state index in [0.29, 0.717) is 29.3 Å². The first-order valence-electron chi connectivity index (χ1n) is 11.7. The van der Waals surface area contributed by atoms with Gasteiger partial charge in [-0.2, -0.15) is 0 Å². The Labute approximate surface area is 218 Å². The van der Waals surface area contributed by atoms with Crippen LogP contribution in [-0.4, -0.2) is 30.9 Å². The van der Waals surface area contributed by atoms with E-state index in [1.54, 1.807) is 23.9 Å². The molecule has 1 aliphatic rings. The van der Waals surface area contributed by atoms with Gasteiger partial charge in [0.1, 0.15) is 0 Å². The van der Waals surface area contributed by atoms with Crippen molar-refractivity contribution in [3.8, 4) is 0 Å². The van der Waals surface area contributed by atoms with Crippen LogP contribution in [0, 0.1) is 41.1 Å². The van der Waals surface area contributed by atoms with Crippen molar-refractivity contribution in [3.05, 3.63) is 58.4 Å². The minimum Gasteiger partial charge on any atom is -0.453 e. The van der Waals surface area contributed by atoms with E-state index >= 15 is 0 Å². The fourth-order valence-corrected chi connectivity index (χ4v) is 6.47. The van der Waals surface area contributed by atoms with Gasteiger partial charge in [0.25, 0.3) is 5.91 Å². The van der Waals surface area contributed by atoms with E-state index in [2.05, 4.69) is 36.1 Å². The summed E-state index contributed by atoms with van der Waals surface area (Å²) < 4.78 is 44.9. The Bertz CT molecular complexity index is 1100. The molecule has 1 fully saturated rings. The molecule has 0 radical (unpaired) electrons. The minimum absolute atomic E-state index is 0.187. The number of thioether (sulfide) groups is 1. The maximum atomic E-state index is 13.5. The molecule has 0 bridgehead atoms. The van der Waals surface area contributed by atoms with Crippen LogP contribution < -0.4 is 10.6 Å².